The van der Waals surface area contributed by atoms with E-state index in [0.717, 1.165) is 0 Å². The van der Waals surface area contributed by atoms with Crippen molar-refractivity contribution in [1.82, 2.24) is 4.90 Å². The molecule has 0 aromatic carbocycles. The number of aryl methyl sites for hydroxylation is 1. The fourth-order valence-electron chi connectivity index (χ4n) is 4.23. The normalized spacial score (nSPS) is 27.4. The number of fused-ring (bicyclic) bond motifs is 1. The van der Waals surface area contributed by atoms with Gasteiger partial charge in [-0.05, 0) is 62.2 Å². The summed E-state index contributed by atoms with van der Waals surface area (Å²) >= 11 is 1.97. The zero-order valence-corrected chi connectivity index (χ0v) is 11.9. The van der Waals surface area contributed by atoms with E-state index in [1.807, 2.05) is 11.3 Å². The first kappa shape index (κ1) is 11.7. The monoisotopic (exact) mass is 249 g/mol. The van der Waals surface area contributed by atoms with Crippen molar-refractivity contribution in [3.63, 3.8) is 0 Å². The van der Waals surface area contributed by atoms with Crippen LogP contribution < -0.4 is 0 Å². The van der Waals surface area contributed by atoms with E-state index >= 15 is 0 Å². The minimum atomic E-state index is 0.593. The number of rotatable bonds is 1. The van der Waals surface area contributed by atoms with Gasteiger partial charge < -0.3 is 4.90 Å². The fraction of sp³-hybridized carbons (Fsp3) is 0.733. The molecular formula is C15H23NS. The highest BCUT2D eigenvalue weighted by Gasteiger charge is 2.45. The Hall–Kier alpha value is -0.340. The van der Waals surface area contributed by atoms with E-state index in [4.69, 9.17) is 0 Å². The van der Waals surface area contributed by atoms with Crippen LogP contribution in [0.4, 0.5) is 0 Å². The average Bonchev–Trinajstić information content (AvgIpc) is 2.77. The molecule has 1 unspecified atom stereocenters. The molecule has 1 heterocycles. The molecule has 0 aliphatic heterocycles. The van der Waals surface area contributed by atoms with Gasteiger partial charge in [0, 0.05) is 10.9 Å². The zero-order valence-electron chi connectivity index (χ0n) is 11.0. The van der Waals surface area contributed by atoms with Crippen molar-refractivity contribution < 1.29 is 0 Å². The van der Waals surface area contributed by atoms with Crippen LogP contribution in [0.25, 0.3) is 0 Å². The lowest BCUT2D eigenvalue weighted by Gasteiger charge is -2.49. The summed E-state index contributed by atoms with van der Waals surface area (Å²) in [4.78, 5) is 4.13. The molecule has 1 aromatic heterocycles. The quantitative estimate of drug-likeness (QED) is 0.719. The minimum absolute atomic E-state index is 0.593. The molecule has 1 atom stereocenters. The summed E-state index contributed by atoms with van der Waals surface area (Å²) in [5.41, 5.74) is 2.24. The van der Waals surface area contributed by atoms with Crippen LogP contribution in [0, 0.1) is 5.41 Å². The van der Waals surface area contributed by atoms with Gasteiger partial charge in [0.05, 0.1) is 0 Å². The molecule has 3 rings (SSSR count). The standard InChI is InChI=1S/C15H23NS/c1-16(2)14-12-7-11-17-13(12)6-10-15(14)8-4-3-5-9-15/h7,11,14H,3-6,8-10H2,1-2H3. The van der Waals surface area contributed by atoms with Crippen LogP contribution >= 0.6 is 11.3 Å². The smallest absolute Gasteiger partial charge is 0.0409 e. The van der Waals surface area contributed by atoms with E-state index in [2.05, 4.69) is 30.4 Å². The second kappa shape index (κ2) is 4.40. The predicted octanol–water partition coefficient (Wildman–Crippen LogP) is 4.25. The molecule has 17 heavy (non-hydrogen) atoms. The van der Waals surface area contributed by atoms with E-state index < -0.39 is 0 Å². The maximum absolute atomic E-state index is 2.48. The van der Waals surface area contributed by atoms with Crippen molar-refractivity contribution in [1.29, 1.82) is 0 Å². The molecule has 1 aromatic rings. The molecule has 2 aliphatic rings. The molecule has 0 saturated heterocycles. The lowest BCUT2D eigenvalue weighted by Crippen LogP contribution is -2.42. The molecule has 1 nitrogen and oxygen atoms in total. The molecule has 2 heteroatoms. The molecule has 0 radical (unpaired) electrons. The third kappa shape index (κ3) is 1.86. The maximum Gasteiger partial charge on any atom is 0.0409 e. The van der Waals surface area contributed by atoms with E-state index in [1.165, 1.54) is 44.9 Å². The molecule has 1 spiro atoms. The van der Waals surface area contributed by atoms with Crippen molar-refractivity contribution in [2.75, 3.05) is 14.1 Å². The van der Waals surface area contributed by atoms with E-state index in [1.54, 1.807) is 10.4 Å². The van der Waals surface area contributed by atoms with Gasteiger partial charge in [0.15, 0.2) is 0 Å². The third-order valence-electron chi connectivity index (χ3n) is 4.87. The van der Waals surface area contributed by atoms with E-state index in [0.29, 0.717) is 11.5 Å². The van der Waals surface area contributed by atoms with Crippen molar-refractivity contribution in [3.05, 3.63) is 21.9 Å². The van der Waals surface area contributed by atoms with Crippen LogP contribution in [0.15, 0.2) is 11.4 Å². The van der Waals surface area contributed by atoms with Gasteiger partial charge in [0.2, 0.25) is 0 Å². The van der Waals surface area contributed by atoms with Gasteiger partial charge in [-0.15, -0.1) is 11.3 Å². The van der Waals surface area contributed by atoms with Crippen LogP contribution in [0.2, 0.25) is 0 Å². The van der Waals surface area contributed by atoms with Gasteiger partial charge in [-0.2, -0.15) is 0 Å². The first-order valence-electron chi connectivity index (χ1n) is 6.96. The first-order valence-corrected chi connectivity index (χ1v) is 7.84. The topological polar surface area (TPSA) is 3.24 Å². The molecular weight excluding hydrogens is 226 g/mol. The van der Waals surface area contributed by atoms with Crippen LogP contribution in [-0.4, -0.2) is 19.0 Å². The second-order valence-corrected chi connectivity index (χ2v) is 7.09. The van der Waals surface area contributed by atoms with Crippen molar-refractivity contribution in [3.8, 4) is 0 Å². The Kier molecular flexibility index (Phi) is 3.04. The first-order chi connectivity index (χ1) is 8.23. The lowest BCUT2D eigenvalue weighted by atomic mass is 9.62. The molecule has 1 fully saturated rings. The van der Waals surface area contributed by atoms with Gasteiger partial charge in [-0.25, -0.2) is 0 Å². The number of hydrogen-bond acceptors (Lipinski definition) is 2. The van der Waals surface area contributed by atoms with Crippen LogP contribution in [0.5, 0.6) is 0 Å². The minimum Gasteiger partial charge on any atom is -0.302 e. The maximum atomic E-state index is 2.48. The third-order valence-corrected chi connectivity index (χ3v) is 5.87. The molecule has 1 saturated carbocycles. The zero-order chi connectivity index (χ0) is 11.9. The molecule has 0 N–H and O–H groups in total. The van der Waals surface area contributed by atoms with Crippen molar-refractivity contribution in [2.45, 2.75) is 51.0 Å². The summed E-state index contributed by atoms with van der Waals surface area (Å²) < 4.78 is 0. The molecule has 94 valence electrons. The average molecular weight is 249 g/mol. The summed E-state index contributed by atoms with van der Waals surface area (Å²) in [5, 5.41) is 2.29. The number of nitrogens with zero attached hydrogens (tertiary/aromatic N) is 1. The van der Waals surface area contributed by atoms with Gasteiger partial charge in [-0.1, -0.05) is 19.3 Å². The Morgan fingerprint density at radius 3 is 2.65 bits per heavy atom. The molecule has 0 bridgehead atoms. The number of hydrogen-bond donors (Lipinski definition) is 0. The van der Waals surface area contributed by atoms with Gasteiger partial charge >= 0.3 is 0 Å². The van der Waals surface area contributed by atoms with Crippen LogP contribution in [0.3, 0.4) is 0 Å². The van der Waals surface area contributed by atoms with Crippen molar-refractivity contribution in [2.24, 2.45) is 5.41 Å². The summed E-state index contributed by atoms with van der Waals surface area (Å²) in [6.45, 7) is 0. The Bertz CT molecular complexity index is 387. The largest absolute Gasteiger partial charge is 0.302 e. The second-order valence-electron chi connectivity index (χ2n) is 6.09. The van der Waals surface area contributed by atoms with Crippen LogP contribution in [-0.2, 0) is 6.42 Å². The Labute approximate surface area is 109 Å². The highest BCUT2D eigenvalue weighted by Crippen LogP contribution is 2.55. The Balaban J connectivity index is 2.00. The van der Waals surface area contributed by atoms with Crippen molar-refractivity contribution >= 4 is 11.3 Å². The summed E-state index contributed by atoms with van der Waals surface area (Å²) in [5.74, 6) is 0. The van der Waals surface area contributed by atoms with Gasteiger partial charge in [0.1, 0.15) is 0 Å². The fourth-order valence-corrected chi connectivity index (χ4v) is 5.15. The summed E-state index contributed by atoms with van der Waals surface area (Å²) in [7, 11) is 4.54. The Morgan fingerprint density at radius 1 is 1.18 bits per heavy atom. The predicted molar refractivity (Wildman–Crippen MR) is 74.6 cm³/mol. The van der Waals surface area contributed by atoms with Gasteiger partial charge in [0.25, 0.3) is 0 Å². The lowest BCUT2D eigenvalue weighted by molar-refractivity contribution is 0.0408. The summed E-state index contributed by atoms with van der Waals surface area (Å²) in [6.07, 6.45) is 10.0. The SMILES string of the molecule is CN(C)C1c2ccsc2CCC12CCCCC2. The van der Waals surface area contributed by atoms with Crippen LogP contribution in [0.1, 0.15) is 55.0 Å². The van der Waals surface area contributed by atoms with E-state index in [9.17, 15) is 0 Å². The van der Waals surface area contributed by atoms with E-state index in [-0.39, 0.29) is 0 Å². The number of thiophene rings is 1. The molecule has 0 amide bonds. The highest BCUT2D eigenvalue weighted by molar-refractivity contribution is 7.10. The highest BCUT2D eigenvalue weighted by atomic mass is 32.1. The summed E-state index contributed by atoms with van der Waals surface area (Å²) in [6, 6.07) is 3.07. The van der Waals surface area contributed by atoms with Gasteiger partial charge in [-0.3, -0.25) is 0 Å². The molecule has 2 aliphatic carbocycles. The Morgan fingerprint density at radius 2 is 1.94 bits per heavy atom.